The maximum absolute atomic E-state index is 10.9. The lowest BCUT2D eigenvalue weighted by Gasteiger charge is -2.24. The second-order valence-electron chi connectivity index (χ2n) is 7.15. The molecule has 2 aromatic rings. The first-order chi connectivity index (χ1) is 13.3. The van der Waals surface area contributed by atoms with Crippen LogP contribution in [0.5, 0.6) is 11.5 Å². The van der Waals surface area contributed by atoms with Gasteiger partial charge in [0, 0.05) is 5.54 Å². The van der Waals surface area contributed by atoms with Crippen molar-refractivity contribution in [3.05, 3.63) is 60.2 Å². The zero-order valence-electron chi connectivity index (χ0n) is 15.6. The van der Waals surface area contributed by atoms with Gasteiger partial charge < -0.3 is 25.0 Å². The molecule has 0 aliphatic heterocycles. The lowest BCUT2D eigenvalue weighted by atomic mass is 9.94. The first-order valence-electron chi connectivity index (χ1n) is 9.23. The lowest BCUT2D eigenvalue weighted by molar-refractivity contribution is 0.153. The zero-order valence-corrected chi connectivity index (χ0v) is 16.5. The highest BCUT2D eigenvalue weighted by Crippen LogP contribution is 2.43. The summed E-state index contributed by atoms with van der Waals surface area (Å²) in [6, 6.07) is 17.4. The van der Waals surface area contributed by atoms with Gasteiger partial charge in [0.25, 0.3) is 0 Å². The largest absolute Gasteiger partial charge is 0.490 e. The van der Waals surface area contributed by atoms with Crippen LogP contribution in [0.2, 0.25) is 0 Å². The fourth-order valence-corrected chi connectivity index (χ4v) is 3.88. The van der Waals surface area contributed by atoms with Gasteiger partial charge in [0.15, 0.2) is 0 Å². The third-order valence-corrected chi connectivity index (χ3v) is 5.34. The average Bonchev–Trinajstić information content (AvgIpc) is 3.07. The molecule has 1 saturated carbocycles. The highest BCUT2D eigenvalue weighted by atomic mass is 31.2. The van der Waals surface area contributed by atoms with Crippen molar-refractivity contribution >= 4 is 7.82 Å². The molecule has 8 heteroatoms. The normalized spacial score (nSPS) is 22.2. The predicted octanol–water partition coefficient (Wildman–Crippen LogP) is 3.22. The molecule has 0 heterocycles. The number of phosphoric ester groups is 1. The number of benzene rings is 2. The smallest absolute Gasteiger partial charge is 0.469 e. The van der Waals surface area contributed by atoms with Crippen LogP contribution in [-0.4, -0.2) is 35.1 Å². The van der Waals surface area contributed by atoms with Crippen LogP contribution in [0.25, 0.3) is 0 Å². The summed E-state index contributed by atoms with van der Waals surface area (Å²) in [7, 11) is -4.50. The Morgan fingerprint density at radius 2 is 1.61 bits per heavy atom. The molecule has 2 atom stereocenters. The Bertz CT molecular complexity index is 794. The van der Waals surface area contributed by atoms with E-state index in [9.17, 15) is 4.57 Å². The van der Waals surface area contributed by atoms with Crippen LogP contribution in [-0.2, 0) is 9.09 Å². The van der Waals surface area contributed by atoms with E-state index in [2.05, 4.69) is 4.52 Å². The lowest BCUT2D eigenvalue weighted by Crippen LogP contribution is -2.41. The van der Waals surface area contributed by atoms with Crippen molar-refractivity contribution in [3.63, 3.8) is 0 Å². The van der Waals surface area contributed by atoms with E-state index >= 15 is 0 Å². The van der Waals surface area contributed by atoms with Gasteiger partial charge in [-0.05, 0) is 55.0 Å². The minimum absolute atomic E-state index is 0.142. The van der Waals surface area contributed by atoms with E-state index in [1.807, 2.05) is 54.6 Å². The fraction of sp³-hybridized carbons (Fsp3) is 0.400. The second-order valence-corrected chi connectivity index (χ2v) is 8.38. The van der Waals surface area contributed by atoms with Crippen LogP contribution in [0, 0.1) is 0 Å². The summed E-state index contributed by atoms with van der Waals surface area (Å²) in [5, 5.41) is 0. The van der Waals surface area contributed by atoms with Crippen LogP contribution < -0.4 is 15.2 Å². The minimum Gasteiger partial charge on any atom is -0.490 e. The molecule has 4 N–H and O–H groups in total. The van der Waals surface area contributed by atoms with Crippen LogP contribution in [0.4, 0.5) is 0 Å². The molecule has 0 aromatic heterocycles. The Balaban J connectivity index is 1.44. The standard InChI is InChI=1S/C20H26NO6P/c21-20(15-27-28(22,23)24)11-10-17(14-20)16-6-8-19(9-7-16)26-13-12-25-18-4-2-1-3-5-18/h1-9,17H,10-15,21H2,(H2,22,23,24)/t17-,20-/m1/s1. The molecule has 0 unspecified atom stereocenters. The van der Waals surface area contributed by atoms with Crippen molar-refractivity contribution in [1.82, 2.24) is 0 Å². The Morgan fingerprint density at radius 1 is 1.00 bits per heavy atom. The van der Waals surface area contributed by atoms with Crippen LogP contribution >= 0.6 is 7.82 Å². The fourth-order valence-electron chi connectivity index (χ4n) is 3.46. The van der Waals surface area contributed by atoms with Gasteiger partial charge in [0.05, 0.1) is 6.61 Å². The molecule has 0 spiro atoms. The van der Waals surface area contributed by atoms with Gasteiger partial charge in [-0.2, -0.15) is 0 Å². The molecule has 1 fully saturated rings. The predicted molar refractivity (Wildman–Crippen MR) is 105 cm³/mol. The molecule has 1 aliphatic rings. The van der Waals surface area contributed by atoms with Crippen molar-refractivity contribution in [2.75, 3.05) is 19.8 Å². The Morgan fingerprint density at radius 3 is 2.21 bits per heavy atom. The quantitative estimate of drug-likeness (QED) is 0.432. The van der Waals surface area contributed by atoms with Gasteiger partial charge in [0.2, 0.25) is 0 Å². The molecule has 0 amide bonds. The maximum atomic E-state index is 10.9. The number of ether oxygens (including phenoxy) is 2. The highest BCUT2D eigenvalue weighted by molar-refractivity contribution is 7.46. The average molecular weight is 407 g/mol. The van der Waals surface area contributed by atoms with Gasteiger partial charge >= 0.3 is 7.82 Å². The van der Waals surface area contributed by atoms with E-state index in [0.29, 0.717) is 26.1 Å². The topological polar surface area (TPSA) is 111 Å². The molecule has 2 aromatic carbocycles. The molecule has 28 heavy (non-hydrogen) atoms. The summed E-state index contributed by atoms with van der Waals surface area (Å²) in [5.74, 6) is 1.82. The van der Waals surface area contributed by atoms with E-state index in [1.165, 1.54) is 0 Å². The second kappa shape index (κ2) is 9.07. The summed E-state index contributed by atoms with van der Waals surface area (Å²) in [5.41, 5.74) is 6.67. The van der Waals surface area contributed by atoms with E-state index in [1.54, 1.807) is 0 Å². The minimum atomic E-state index is -4.50. The first kappa shape index (κ1) is 20.8. The van der Waals surface area contributed by atoms with Crippen LogP contribution in [0.3, 0.4) is 0 Å². The van der Waals surface area contributed by atoms with Gasteiger partial charge in [0.1, 0.15) is 24.7 Å². The number of phosphoric acid groups is 1. The van der Waals surface area contributed by atoms with Gasteiger partial charge in [-0.3, -0.25) is 4.52 Å². The summed E-state index contributed by atoms with van der Waals surface area (Å²) >= 11 is 0. The van der Waals surface area contributed by atoms with Crippen molar-refractivity contribution < 1.29 is 28.3 Å². The zero-order chi connectivity index (χ0) is 20.0. The maximum Gasteiger partial charge on any atom is 0.469 e. The summed E-state index contributed by atoms with van der Waals surface area (Å²) < 4.78 is 26.8. The van der Waals surface area contributed by atoms with Crippen molar-refractivity contribution in [2.45, 2.75) is 30.7 Å². The monoisotopic (exact) mass is 407 g/mol. The number of rotatable bonds is 9. The summed E-state index contributed by atoms with van der Waals surface area (Å²) in [4.78, 5) is 17.7. The molecule has 7 nitrogen and oxygen atoms in total. The van der Waals surface area contributed by atoms with E-state index in [0.717, 1.165) is 23.5 Å². The van der Waals surface area contributed by atoms with Gasteiger partial charge in [-0.15, -0.1) is 0 Å². The molecule has 0 saturated heterocycles. The van der Waals surface area contributed by atoms with Gasteiger partial charge in [-0.1, -0.05) is 30.3 Å². The molecule has 152 valence electrons. The van der Waals surface area contributed by atoms with E-state index in [4.69, 9.17) is 25.0 Å². The van der Waals surface area contributed by atoms with Crippen LogP contribution in [0.15, 0.2) is 54.6 Å². The first-order valence-corrected chi connectivity index (χ1v) is 10.8. The number of nitrogens with two attached hydrogens (primary N) is 1. The van der Waals surface area contributed by atoms with E-state index in [-0.39, 0.29) is 12.5 Å². The molecule has 1 aliphatic carbocycles. The molecule has 0 radical (unpaired) electrons. The Hall–Kier alpha value is -1.89. The molecular weight excluding hydrogens is 381 g/mol. The number of para-hydroxylation sites is 1. The highest BCUT2D eigenvalue weighted by Gasteiger charge is 2.38. The molecule has 3 rings (SSSR count). The SMILES string of the molecule is N[C@]1(COP(=O)(O)O)CC[C@@H](c2ccc(OCCOc3ccccc3)cc2)C1. The molecular formula is C20H26NO6P. The number of hydrogen-bond donors (Lipinski definition) is 3. The third kappa shape index (κ3) is 6.33. The number of hydrogen-bond acceptors (Lipinski definition) is 5. The van der Waals surface area contributed by atoms with Crippen molar-refractivity contribution in [3.8, 4) is 11.5 Å². The summed E-state index contributed by atoms with van der Waals surface area (Å²) in [6.07, 6.45) is 2.14. The molecule has 0 bridgehead atoms. The van der Waals surface area contributed by atoms with Crippen LogP contribution in [0.1, 0.15) is 30.7 Å². The third-order valence-electron chi connectivity index (χ3n) is 4.88. The van der Waals surface area contributed by atoms with Crippen molar-refractivity contribution in [1.29, 1.82) is 0 Å². The van der Waals surface area contributed by atoms with Gasteiger partial charge in [-0.25, -0.2) is 4.57 Å². The Labute approximate surface area is 164 Å². The van der Waals surface area contributed by atoms with E-state index < -0.39 is 13.4 Å². The Kier molecular flexibility index (Phi) is 6.75. The summed E-state index contributed by atoms with van der Waals surface area (Å²) in [6.45, 7) is 0.767. The van der Waals surface area contributed by atoms with Crippen molar-refractivity contribution in [2.24, 2.45) is 5.73 Å².